The van der Waals surface area contributed by atoms with Crippen LogP contribution in [0.25, 0.3) is 0 Å². The van der Waals surface area contributed by atoms with Crippen molar-refractivity contribution < 1.29 is 23.8 Å². The van der Waals surface area contributed by atoms with Gasteiger partial charge in [0.05, 0.1) is 23.8 Å². The number of hydrogen-bond donors (Lipinski definition) is 1. The van der Waals surface area contributed by atoms with Gasteiger partial charge < -0.3 is 19.5 Å². The van der Waals surface area contributed by atoms with Crippen molar-refractivity contribution in [1.29, 1.82) is 0 Å². The van der Waals surface area contributed by atoms with Crippen LogP contribution in [-0.2, 0) is 19.0 Å². The van der Waals surface area contributed by atoms with Crippen LogP contribution in [0.3, 0.4) is 0 Å². The van der Waals surface area contributed by atoms with Crippen molar-refractivity contribution in [2.75, 3.05) is 13.7 Å². The Morgan fingerprint density at radius 3 is 2.41 bits per heavy atom. The molecule has 0 atom stereocenters. The van der Waals surface area contributed by atoms with E-state index in [9.17, 15) is 9.59 Å². The number of allylic oxidation sites excluding steroid dienone is 3. The number of hydrogen-bond acceptors (Lipinski definition) is 5. The van der Waals surface area contributed by atoms with Crippen molar-refractivity contribution in [3.63, 3.8) is 0 Å². The highest BCUT2D eigenvalue weighted by Crippen LogP contribution is 2.43. The predicted molar refractivity (Wildman–Crippen MR) is 103 cm³/mol. The Labute approximate surface area is 160 Å². The molecule has 1 spiro atoms. The first-order valence-corrected chi connectivity index (χ1v) is 9.22. The minimum Gasteiger partial charge on any atom is -0.434 e. The Hall–Kier alpha value is -2.34. The Morgan fingerprint density at radius 2 is 1.93 bits per heavy atom. The average molecular weight is 375 g/mol. The number of amides is 1. The van der Waals surface area contributed by atoms with E-state index in [2.05, 4.69) is 18.5 Å². The second-order valence-electron chi connectivity index (χ2n) is 7.15. The topological polar surface area (TPSA) is 73.9 Å². The quantitative estimate of drug-likeness (QED) is 0.562. The van der Waals surface area contributed by atoms with Crippen molar-refractivity contribution in [1.82, 2.24) is 5.32 Å². The Kier molecular flexibility index (Phi) is 6.65. The number of carbonyl (C=O) groups is 2. The van der Waals surface area contributed by atoms with Crippen LogP contribution in [-0.4, -0.2) is 37.4 Å². The second kappa shape index (κ2) is 8.57. The summed E-state index contributed by atoms with van der Waals surface area (Å²) in [5.41, 5.74) is 1.67. The highest BCUT2D eigenvalue weighted by atomic mass is 16.7. The average Bonchev–Trinajstić information content (AvgIpc) is 2.84. The van der Waals surface area contributed by atoms with Crippen LogP contribution in [0.15, 0.2) is 47.3 Å². The zero-order valence-corrected chi connectivity index (χ0v) is 16.6. The standard InChI is InChI=1S/C21H29NO5/c1-7-26-20(24)27-18-17(16(14(4)5)12-13(2)3)19(23)22-21(18)10-8-15(25-6)9-11-21/h12,15H,2,4,7-11H2,1,3,5-6H3,(H,22,23)/b16-12+. The molecule has 1 amide bonds. The van der Waals surface area contributed by atoms with Gasteiger partial charge in [-0.1, -0.05) is 30.4 Å². The predicted octanol–water partition coefficient (Wildman–Crippen LogP) is 3.95. The van der Waals surface area contributed by atoms with Crippen LogP contribution in [0.1, 0.15) is 46.5 Å². The van der Waals surface area contributed by atoms with E-state index in [0.29, 0.717) is 35.3 Å². The van der Waals surface area contributed by atoms with Gasteiger partial charge in [0, 0.05) is 7.11 Å². The molecule has 0 radical (unpaired) electrons. The summed E-state index contributed by atoms with van der Waals surface area (Å²) in [6.45, 7) is 13.4. The first-order valence-electron chi connectivity index (χ1n) is 9.22. The van der Waals surface area contributed by atoms with Gasteiger partial charge in [-0.25, -0.2) is 4.79 Å². The lowest BCUT2D eigenvalue weighted by Gasteiger charge is -2.37. The number of carbonyl (C=O) groups excluding carboxylic acids is 2. The second-order valence-corrected chi connectivity index (χ2v) is 7.15. The van der Waals surface area contributed by atoms with Gasteiger partial charge in [-0.2, -0.15) is 0 Å². The smallest absolute Gasteiger partial charge is 0.434 e. The van der Waals surface area contributed by atoms with Gasteiger partial charge in [0.25, 0.3) is 5.91 Å². The molecule has 1 aliphatic heterocycles. The molecule has 1 fully saturated rings. The minimum absolute atomic E-state index is 0.131. The third-order valence-corrected chi connectivity index (χ3v) is 4.93. The molecule has 1 N–H and O–H groups in total. The molecule has 6 heteroatoms. The molecule has 1 heterocycles. The van der Waals surface area contributed by atoms with Crippen LogP contribution in [0, 0.1) is 0 Å². The molecule has 0 aromatic carbocycles. The number of rotatable bonds is 6. The molecule has 27 heavy (non-hydrogen) atoms. The summed E-state index contributed by atoms with van der Waals surface area (Å²) in [7, 11) is 1.68. The van der Waals surface area contributed by atoms with E-state index in [-0.39, 0.29) is 18.6 Å². The summed E-state index contributed by atoms with van der Waals surface area (Å²) in [6, 6.07) is 0. The lowest BCUT2D eigenvalue weighted by molar-refractivity contribution is -0.118. The number of methoxy groups -OCH3 is 1. The van der Waals surface area contributed by atoms with Gasteiger partial charge in [0.1, 0.15) is 5.76 Å². The summed E-state index contributed by atoms with van der Waals surface area (Å²) in [5.74, 6) is 0.0386. The molecule has 1 aliphatic carbocycles. The lowest BCUT2D eigenvalue weighted by Crippen LogP contribution is -2.49. The Morgan fingerprint density at radius 1 is 1.30 bits per heavy atom. The van der Waals surface area contributed by atoms with Crippen LogP contribution < -0.4 is 5.32 Å². The van der Waals surface area contributed by atoms with Gasteiger partial charge in [0.2, 0.25) is 0 Å². The van der Waals surface area contributed by atoms with Crippen LogP contribution in [0.4, 0.5) is 4.79 Å². The zero-order chi connectivity index (χ0) is 20.2. The van der Waals surface area contributed by atoms with E-state index < -0.39 is 11.7 Å². The first kappa shape index (κ1) is 21.0. The van der Waals surface area contributed by atoms with Crippen molar-refractivity contribution in [3.8, 4) is 0 Å². The normalized spacial score (nSPS) is 25.4. The minimum atomic E-state index is -0.814. The molecule has 0 saturated heterocycles. The van der Waals surface area contributed by atoms with Gasteiger partial charge in [-0.15, -0.1) is 0 Å². The molecule has 0 aromatic heterocycles. The monoisotopic (exact) mass is 375 g/mol. The van der Waals surface area contributed by atoms with E-state index in [1.807, 2.05) is 13.8 Å². The maximum atomic E-state index is 12.9. The molecule has 0 aromatic rings. The fourth-order valence-electron chi connectivity index (χ4n) is 3.63. The van der Waals surface area contributed by atoms with E-state index in [4.69, 9.17) is 14.2 Å². The van der Waals surface area contributed by atoms with Gasteiger partial charge in [-0.05, 0) is 52.0 Å². The molecule has 0 bridgehead atoms. The molecular weight excluding hydrogens is 346 g/mol. The third-order valence-electron chi connectivity index (χ3n) is 4.93. The number of nitrogens with one attached hydrogen (secondary N) is 1. The largest absolute Gasteiger partial charge is 0.513 e. The van der Waals surface area contributed by atoms with Gasteiger partial charge in [0.15, 0.2) is 0 Å². The molecule has 148 valence electrons. The highest BCUT2D eigenvalue weighted by molar-refractivity contribution is 6.04. The summed E-state index contributed by atoms with van der Waals surface area (Å²) in [6.07, 6.45) is 3.85. The van der Waals surface area contributed by atoms with Crippen LogP contribution in [0.5, 0.6) is 0 Å². The Balaban J connectivity index is 2.55. The van der Waals surface area contributed by atoms with Crippen LogP contribution in [0.2, 0.25) is 0 Å². The Bertz CT molecular complexity index is 708. The molecule has 2 aliphatic rings. The lowest BCUT2D eigenvalue weighted by atomic mass is 9.79. The molecule has 0 unspecified atom stereocenters. The maximum absolute atomic E-state index is 12.9. The summed E-state index contributed by atoms with van der Waals surface area (Å²) in [4.78, 5) is 25.0. The molecule has 1 saturated carbocycles. The van der Waals surface area contributed by atoms with Crippen LogP contribution >= 0.6 is 0 Å². The van der Waals surface area contributed by atoms with E-state index in [0.717, 1.165) is 18.4 Å². The SMILES string of the molecule is C=C(C)/C=C(\C(=C)C)C1=C(OC(=O)OCC)C2(CCC(OC)CC2)NC1=O. The van der Waals surface area contributed by atoms with Gasteiger partial charge >= 0.3 is 6.16 Å². The van der Waals surface area contributed by atoms with Crippen molar-refractivity contribution in [2.45, 2.75) is 58.1 Å². The fraction of sp³-hybridized carbons (Fsp3) is 0.524. The molecular formula is C21H29NO5. The summed E-state index contributed by atoms with van der Waals surface area (Å²) in [5, 5.41) is 3.06. The maximum Gasteiger partial charge on any atom is 0.513 e. The first-order chi connectivity index (χ1) is 12.7. The fourth-order valence-corrected chi connectivity index (χ4v) is 3.63. The van der Waals surface area contributed by atoms with E-state index in [1.54, 1.807) is 20.1 Å². The van der Waals surface area contributed by atoms with Gasteiger partial charge in [-0.3, -0.25) is 4.79 Å². The van der Waals surface area contributed by atoms with Crippen molar-refractivity contribution in [2.24, 2.45) is 0 Å². The summed E-state index contributed by atoms with van der Waals surface area (Å²) < 4.78 is 16.0. The van der Waals surface area contributed by atoms with E-state index in [1.165, 1.54) is 0 Å². The van der Waals surface area contributed by atoms with E-state index >= 15 is 0 Å². The van der Waals surface area contributed by atoms with Crippen molar-refractivity contribution >= 4 is 12.1 Å². The number of ether oxygens (including phenoxy) is 3. The highest BCUT2D eigenvalue weighted by Gasteiger charge is 2.50. The molecule has 2 rings (SSSR count). The van der Waals surface area contributed by atoms with Crippen molar-refractivity contribution in [3.05, 3.63) is 47.3 Å². The summed E-state index contributed by atoms with van der Waals surface area (Å²) >= 11 is 0. The third kappa shape index (κ3) is 4.50. The zero-order valence-electron chi connectivity index (χ0n) is 16.6. The molecule has 6 nitrogen and oxygen atoms in total.